The van der Waals surface area contributed by atoms with Crippen molar-refractivity contribution in [2.45, 2.75) is 32.6 Å². The minimum atomic E-state index is -3.70. The first kappa shape index (κ1) is 14.8. The van der Waals surface area contributed by atoms with Crippen molar-refractivity contribution >= 4 is 21.6 Å². The second kappa shape index (κ2) is 7.23. The Kier molecular flexibility index (Phi) is 5.94. The Labute approximate surface area is 109 Å². The second-order valence-corrected chi connectivity index (χ2v) is 5.51. The molecule has 1 aromatic carbocycles. The first-order chi connectivity index (χ1) is 8.51. The summed E-state index contributed by atoms with van der Waals surface area (Å²) in [6.07, 6.45) is 4.78. The Bertz CT molecular complexity index is 460. The molecule has 0 saturated heterocycles. The van der Waals surface area contributed by atoms with Gasteiger partial charge in [0.05, 0.1) is 5.69 Å². The highest BCUT2D eigenvalue weighted by molar-refractivity contribution is 7.90. The fourth-order valence-electron chi connectivity index (χ4n) is 1.64. The van der Waals surface area contributed by atoms with Crippen molar-refractivity contribution in [3.8, 4) is 0 Å². The van der Waals surface area contributed by atoms with Crippen LogP contribution in [0.25, 0.3) is 0 Å². The standard InChI is InChI=1S/C12H21N3O2S/c1-2-3-4-5-9-14-11-7-6-8-12(10-11)15-18(13,16)17/h6-8,10,14-15H,2-5,9H2,1H3,(H2,13,16,17). The summed E-state index contributed by atoms with van der Waals surface area (Å²) in [6.45, 7) is 3.06. The molecular weight excluding hydrogens is 250 g/mol. The van der Waals surface area contributed by atoms with Crippen LogP contribution in [0.15, 0.2) is 24.3 Å². The van der Waals surface area contributed by atoms with Gasteiger partial charge in [-0.15, -0.1) is 0 Å². The lowest BCUT2D eigenvalue weighted by atomic mass is 10.2. The van der Waals surface area contributed by atoms with Crippen LogP contribution in [0.4, 0.5) is 11.4 Å². The molecule has 0 fully saturated rings. The van der Waals surface area contributed by atoms with Crippen molar-refractivity contribution in [1.29, 1.82) is 0 Å². The third-order valence-corrected chi connectivity index (χ3v) is 3.00. The van der Waals surface area contributed by atoms with Gasteiger partial charge in [-0.05, 0) is 24.6 Å². The predicted octanol–water partition coefficient (Wildman–Crippen LogP) is 2.29. The molecule has 0 atom stereocenters. The molecule has 102 valence electrons. The van der Waals surface area contributed by atoms with E-state index in [0.29, 0.717) is 5.69 Å². The highest BCUT2D eigenvalue weighted by Crippen LogP contribution is 2.15. The minimum absolute atomic E-state index is 0.469. The van der Waals surface area contributed by atoms with E-state index in [9.17, 15) is 8.42 Å². The monoisotopic (exact) mass is 271 g/mol. The number of hydrogen-bond donors (Lipinski definition) is 3. The van der Waals surface area contributed by atoms with Gasteiger partial charge >= 0.3 is 0 Å². The number of benzene rings is 1. The summed E-state index contributed by atoms with van der Waals surface area (Å²) in [7, 11) is -3.70. The van der Waals surface area contributed by atoms with E-state index in [-0.39, 0.29) is 0 Å². The molecule has 1 aromatic rings. The highest BCUT2D eigenvalue weighted by Gasteiger charge is 2.02. The van der Waals surface area contributed by atoms with Crippen molar-refractivity contribution in [1.82, 2.24) is 0 Å². The number of nitrogens with two attached hydrogens (primary N) is 1. The minimum Gasteiger partial charge on any atom is -0.385 e. The molecule has 4 N–H and O–H groups in total. The van der Waals surface area contributed by atoms with Crippen molar-refractivity contribution in [2.75, 3.05) is 16.6 Å². The molecule has 0 aromatic heterocycles. The largest absolute Gasteiger partial charge is 0.385 e. The van der Waals surface area contributed by atoms with E-state index in [2.05, 4.69) is 17.0 Å². The average molecular weight is 271 g/mol. The SMILES string of the molecule is CCCCCCNc1cccc(NS(N)(=O)=O)c1. The molecule has 5 nitrogen and oxygen atoms in total. The smallest absolute Gasteiger partial charge is 0.296 e. The molecule has 0 aliphatic heterocycles. The maximum Gasteiger partial charge on any atom is 0.296 e. The lowest BCUT2D eigenvalue weighted by Crippen LogP contribution is -2.21. The number of unbranched alkanes of at least 4 members (excludes halogenated alkanes) is 3. The van der Waals surface area contributed by atoms with Crippen molar-refractivity contribution in [3.05, 3.63) is 24.3 Å². The lowest BCUT2D eigenvalue weighted by Gasteiger charge is -2.08. The van der Waals surface area contributed by atoms with Crippen LogP contribution < -0.4 is 15.2 Å². The van der Waals surface area contributed by atoms with Crippen molar-refractivity contribution in [2.24, 2.45) is 5.14 Å². The highest BCUT2D eigenvalue weighted by atomic mass is 32.2. The van der Waals surface area contributed by atoms with Gasteiger partial charge < -0.3 is 5.32 Å². The Morgan fingerprint density at radius 3 is 2.56 bits per heavy atom. The Balaban J connectivity index is 2.44. The van der Waals surface area contributed by atoms with E-state index in [1.807, 2.05) is 6.07 Å². The molecule has 0 aliphatic rings. The fourth-order valence-corrected chi connectivity index (χ4v) is 2.10. The number of hydrogen-bond acceptors (Lipinski definition) is 3. The first-order valence-corrected chi connectivity index (χ1v) is 7.70. The van der Waals surface area contributed by atoms with E-state index < -0.39 is 10.2 Å². The van der Waals surface area contributed by atoms with Gasteiger partial charge in [-0.3, -0.25) is 4.72 Å². The van der Waals surface area contributed by atoms with Crippen LogP contribution in [0, 0.1) is 0 Å². The van der Waals surface area contributed by atoms with Crippen molar-refractivity contribution < 1.29 is 8.42 Å². The molecule has 0 bridgehead atoms. The molecule has 0 saturated carbocycles. The summed E-state index contributed by atoms with van der Waals surface area (Å²) in [5.74, 6) is 0. The average Bonchev–Trinajstić information content (AvgIpc) is 2.27. The third-order valence-electron chi connectivity index (χ3n) is 2.48. The van der Waals surface area contributed by atoms with E-state index in [1.54, 1.807) is 18.2 Å². The normalized spacial score (nSPS) is 11.2. The van der Waals surface area contributed by atoms with Gasteiger partial charge in [-0.25, -0.2) is 5.14 Å². The van der Waals surface area contributed by atoms with Gasteiger partial charge in [0.1, 0.15) is 0 Å². The molecule has 0 heterocycles. The molecular formula is C12H21N3O2S. The maximum atomic E-state index is 10.9. The predicted molar refractivity (Wildman–Crippen MR) is 75.8 cm³/mol. The molecule has 0 spiro atoms. The molecule has 0 unspecified atom stereocenters. The lowest BCUT2D eigenvalue weighted by molar-refractivity contribution is 0.603. The summed E-state index contributed by atoms with van der Waals surface area (Å²) in [6, 6.07) is 7.06. The van der Waals surface area contributed by atoms with Gasteiger partial charge in [-0.2, -0.15) is 8.42 Å². The fraction of sp³-hybridized carbons (Fsp3) is 0.500. The topological polar surface area (TPSA) is 84.2 Å². The summed E-state index contributed by atoms with van der Waals surface area (Å²) in [4.78, 5) is 0. The number of rotatable bonds is 8. The van der Waals surface area contributed by atoms with Gasteiger partial charge in [0.25, 0.3) is 10.2 Å². The second-order valence-electron chi connectivity index (χ2n) is 4.22. The summed E-state index contributed by atoms with van der Waals surface area (Å²) in [5.41, 5.74) is 1.36. The molecule has 6 heteroatoms. The summed E-state index contributed by atoms with van der Waals surface area (Å²) >= 11 is 0. The summed E-state index contributed by atoms with van der Waals surface area (Å²) < 4.78 is 24.0. The maximum absolute atomic E-state index is 10.9. The number of anilines is 2. The van der Waals surface area contributed by atoms with Crippen LogP contribution in [0.3, 0.4) is 0 Å². The zero-order valence-corrected chi connectivity index (χ0v) is 11.5. The van der Waals surface area contributed by atoms with Crippen LogP contribution in [0.2, 0.25) is 0 Å². The van der Waals surface area contributed by atoms with E-state index in [0.717, 1.165) is 18.7 Å². The molecule has 1 rings (SSSR count). The zero-order chi connectivity index (χ0) is 13.4. The van der Waals surface area contributed by atoms with E-state index >= 15 is 0 Å². The molecule has 0 radical (unpaired) electrons. The van der Waals surface area contributed by atoms with Crippen LogP contribution in [-0.2, 0) is 10.2 Å². The number of nitrogens with one attached hydrogen (secondary N) is 2. The Hall–Kier alpha value is -1.27. The van der Waals surface area contributed by atoms with Crippen LogP contribution >= 0.6 is 0 Å². The third kappa shape index (κ3) is 6.46. The van der Waals surface area contributed by atoms with E-state index in [1.165, 1.54) is 19.3 Å². The van der Waals surface area contributed by atoms with Gasteiger partial charge in [0.15, 0.2) is 0 Å². The van der Waals surface area contributed by atoms with E-state index in [4.69, 9.17) is 5.14 Å². The van der Waals surface area contributed by atoms with Crippen LogP contribution in [0.5, 0.6) is 0 Å². The molecule has 0 amide bonds. The van der Waals surface area contributed by atoms with Gasteiger partial charge in [0.2, 0.25) is 0 Å². The Morgan fingerprint density at radius 2 is 1.89 bits per heavy atom. The zero-order valence-electron chi connectivity index (χ0n) is 10.6. The van der Waals surface area contributed by atoms with Crippen LogP contribution in [0.1, 0.15) is 32.6 Å². The van der Waals surface area contributed by atoms with Crippen LogP contribution in [-0.4, -0.2) is 15.0 Å². The van der Waals surface area contributed by atoms with Crippen molar-refractivity contribution in [3.63, 3.8) is 0 Å². The quantitative estimate of drug-likeness (QED) is 0.634. The summed E-state index contributed by atoms with van der Waals surface area (Å²) in [5, 5.41) is 8.17. The molecule has 18 heavy (non-hydrogen) atoms. The van der Waals surface area contributed by atoms with Gasteiger partial charge in [0, 0.05) is 12.2 Å². The molecule has 0 aliphatic carbocycles. The Morgan fingerprint density at radius 1 is 1.17 bits per heavy atom. The van der Waals surface area contributed by atoms with Gasteiger partial charge in [-0.1, -0.05) is 32.3 Å². The first-order valence-electron chi connectivity index (χ1n) is 6.16.